The molecule has 100 valence electrons. The molecule has 0 aromatic heterocycles. The molecule has 0 atom stereocenters. The molecule has 0 bridgehead atoms. The standard InChI is InChI=1S/C13H20N2O3/c1-3-4-5-8-14(2)13-7-6-12(15(17)18)9-11(13)10-16/h6-7,9,16H,3-5,8,10H2,1-2H3. The van der Waals surface area contributed by atoms with E-state index >= 15 is 0 Å². The lowest BCUT2D eigenvalue weighted by atomic mass is 10.1. The predicted octanol–water partition coefficient (Wildman–Crippen LogP) is 2.71. The van der Waals surface area contributed by atoms with Crippen LogP contribution in [0.3, 0.4) is 0 Å². The van der Waals surface area contributed by atoms with Crippen LogP contribution in [-0.2, 0) is 6.61 Å². The Morgan fingerprint density at radius 1 is 1.39 bits per heavy atom. The van der Waals surface area contributed by atoms with Gasteiger partial charge >= 0.3 is 0 Å². The molecule has 0 spiro atoms. The highest BCUT2D eigenvalue weighted by Gasteiger charge is 2.12. The molecular formula is C13H20N2O3. The van der Waals surface area contributed by atoms with E-state index in [1.807, 2.05) is 11.9 Å². The van der Waals surface area contributed by atoms with Gasteiger partial charge in [0.25, 0.3) is 5.69 Å². The van der Waals surface area contributed by atoms with Crippen molar-refractivity contribution in [3.63, 3.8) is 0 Å². The molecule has 1 rings (SSSR count). The summed E-state index contributed by atoms with van der Waals surface area (Å²) in [5, 5.41) is 20.0. The van der Waals surface area contributed by atoms with Gasteiger partial charge in [-0.1, -0.05) is 19.8 Å². The largest absolute Gasteiger partial charge is 0.392 e. The van der Waals surface area contributed by atoms with Crippen molar-refractivity contribution in [2.75, 3.05) is 18.5 Å². The number of nitrogens with zero attached hydrogens (tertiary/aromatic N) is 2. The van der Waals surface area contributed by atoms with E-state index in [0.717, 1.165) is 31.5 Å². The monoisotopic (exact) mass is 252 g/mol. The number of non-ortho nitro benzene ring substituents is 1. The zero-order chi connectivity index (χ0) is 13.5. The SMILES string of the molecule is CCCCCN(C)c1ccc([N+](=O)[O-])cc1CO. The van der Waals surface area contributed by atoms with Crippen LogP contribution < -0.4 is 4.90 Å². The van der Waals surface area contributed by atoms with Crippen LogP contribution in [0.25, 0.3) is 0 Å². The summed E-state index contributed by atoms with van der Waals surface area (Å²) in [5.74, 6) is 0. The van der Waals surface area contributed by atoms with Gasteiger partial charge in [-0.15, -0.1) is 0 Å². The zero-order valence-electron chi connectivity index (χ0n) is 10.9. The second-order valence-electron chi connectivity index (χ2n) is 4.36. The van der Waals surface area contributed by atoms with Crippen LogP contribution in [-0.4, -0.2) is 23.6 Å². The first-order valence-corrected chi connectivity index (χ1v) is 6.19. The summed E-state index contributed by atoms with van der Waals surface area (Å²) in [6, 6.07) is 4.62. The molecule has 0 fully saturated rings. The minimum Gasteiger partial charge on any atom is -0.392 e. The molecule has 0 unspecified atom stereocenters. The third-order valence-corrected chi connectivity index (χ3v) is 2.95. The number of anilines is 1. The van der Waals surface area contributed by atoms with E-state index in [1.54, 1.807) is 6.07 Å². The molecule has 1 N–H and O–H groups in total. The van der Waals surface area contributed by atoms with Crippen LogP contribution in [0.5, 0.6) is 0 Å². The number of rotatable bonds is 7. The second-order valence-corrected chi connectivity index (χ2v) is 4.36. The Bertz CT molecular complexity index is 407. The van der Waals surface area contributed by atoms with E-state index in [0.29, 0.717) is 5.56 Å². The molecular weight excluding hydrogens is 232 g/mol. The van der Waals surface area contributed by atoms with Crippen LogP contribution >= 0.6 is 0 Å². The van der Waals surface area contributed by atoms with Gasteiger partial charge in [-0.2, -0.15) is 0 Å². The molecule has 5 heteroatoms. The van der Waals surface area contributed by atoms with Crippen LogP contribution in [0.1, 0.15) is 31.7 Å². The second kappa shape index (κ2) is 6.96. The number of hydrogen-bond donors (Lipinski definition) is 1. The Balaban J connectivity index is 2.84. The van der Waals surface area contributed by atoms with Gasteiger partial charge in [0, 0.05) is 37.0 Å². The van der Waals surface area contributed by atoms with Crippen LogP contribution in [0.15, 0.2) is 18.2 Å². The first-order chi connectivity index (χ1) is 8.60. The van der Waals surface area contributed by atoms with E-state index in [-0.39, 0.29) is 12.3 Å². The molecule has 0 aliphatic carbocycles. The number of hydrogen-bond acceptors (Lipinski definition) is 4. The Morgan fingerprint density at radius 3 is 2.67 bits per heavy atom. The van der Waals surface area contributed by atoms with Crippen molar-refractivity contribution in [3.8, 4) is 0 Å². The van der Waals surface area contributed by atoms with Crippen LogP contribution in [0.4, 0.5) is 11.4 Å². The smallest absolute Gasteiger partial charge is 0.269 e. The molecule has 18 heavy (non-hydrogen) atoms. The highest BCUT2D eigenvalue weighted by molar-refractivity contribution is 5.57. The van der Waals surface area contributed by atoms with Crippen LogP contribution in [0, 0.1) is 10.1 Å². The van der Waals surface area contributed by atoms with Crippen molar-refractivity contribution < 1.29 is 10.0 Å². The Labute approximate surface area is 107 Å². The number of aliphatic hydroxyl groups is 1. The normalized spacial score (nSPS) is 10.4. The average Bonchev–Trinajstić information content (AvgIpc) is 2.38. The van der Waals surface area contributed by atoms with Crippen molar-refractivity contribution in [3.05, 3.63) is 33.9 Å². The van der Waals surface area contributed by atoms with Crippen LogP contribution in [0.2, 0.25) is 0 Å². The number of unbranched alkanes of at least 4 members (excludes halogenated alkanes) is 2. The molecule has 0 saturated carbocycles. The van der Waals surface area contributed by atoms with Gasteiger partial charge in [-0.05, 0) is 12.5 Å². The maximum Gasteiger partial charge on any atom is 0.269 e. The summed E-state index contributed by atoms with van der Waals surface area (Å²) < 4.78 is 0. The molecule has 0 saturated heterocycles. The third-order valence-electron chi connectivity index (χ3n) is 2.95. The topological polar surface area (TPSA) is 66.6 Å². The van der Waals surface area contributed by atoms with Gasteiger partial charge in [-0.25, -0.2) is 0 Å². The number of benzene rings is 1. The van der Waals surface area contributed by atoms with Crippen molar-refractivity contribution in [2.45, 2.75) is 32.8 Å². The lowest BCUT2D eigenvalue weighted by Crippen LogP contribution is -2.20. The van der Waals surface area contributed by atoms with Gasteiger partial charge in [0.1, 0.15) is 0 Å². The fraction of sp³-hybridized carbons (Fsp3) is 0.538. The van der Waals surface area contributed by atoms with E-state index in [1.165, 1.54) is 12.1 Å². The Morgan fingerprint density at radius 2 is 2.11 bits per heavy atom. The molecule has 1 aromatic rings. The highest BCUT2D eigenvalue weighted by Crippen LogP contribution is 2.25. The zero-order valence-corrected chi connectivity index (χ0v) is 10.9. The number of aliphatic hydroxyl groups excluding tert-OH is 1. The van der Waals surface area contributed by atoms with E-state index in [9.17, 15) is 15.2 Å². The lowest BCUT2D eigenvalue weighted by Gasteiger charge is -2.21. The first kappa shape index (κ1) is 14.4. The van der Waals surface area contributed by atoms with Crippen molar-refractivity contribution in [1.29, 1.82) is 0 Å². The third kappa shape index (κ3) is 3.70. The molecule has 1 aromatic carbocycles. The van der Waals surface area contributed by atoms with Gasteiger partial charge < -0.3 is 10.0 Å². The first-order valence-electron chi connectivity index (χ1n) is 6.19. The summed E-state index contributed by atoms with van der Waals surface area (Å²) in [5.41, 5.74) is 1.48. The van der Waals surface area contributed by atoms with Gasteiger partial charge in [0.2, 0.25) is 0 Å². The molecule has 0 heterocycles. The average molecular weight is 252 g/mol. The summed E-state index contributed by atoms with van der Waals surface area (Å²) in [4.78, 5) is 12.3. The fourth-order valence-electron chi connectivity index (χ4n) is 1.90. The maximum absolute atomic E-state index is 10.7. The number of nitro groups is 1. The van der Waals surface area contributed by atoms with Crippen molar-refractivity contribution >= 4 is 11.4 Å². The quantitative estimate of drug-likeness (QED) is 0.460. The van der Waals surface area contributed by atoms with Gasteiger partial charge in [0.05, 0.1) is 11.5 Å². The molecule has 0 aliphatic rings. The summed E-state index contributed by atoms with van der Waals surface area (Å²) in [7, 11) is 1.94. The Kier molecular flexibility index (Phi) is 5.58. The lowest BCUT2D eigenvalue weighted by molar-refractivity contribution is -0.384. The van der Waals surface area contributed by atoms with E-state index in [2.05, 4.69) is 6.92 Å². The number of nitro benzene ring substituents is 1. The summed E-state index contributed by atoms with van der Waals surface area (Å²) in [6.45, 7) is 2.85. The van der Waals surface area contributed by atoms with E-state index < -0.39 is 4.92 Å². The Hall–Kier alpha value is -1.62. The van der Waals surface area contributed by atoms with Crippen molar-refractivity contribution in [2.24, 2.45) is 0 Å². The molecule has 5 nitrogen and oxygen atoms in total. The molecule has 0 amide bonds. The molecule has 0 aliphatic heterocycles. The highest BCUT2D eigenvalue weighted by atomic mass is 16.6. The summed E-state index contributed by atoms with van der Waals surface area (Å²) in [6.07, 6.45) is 3.39. The maximum atomic E-state index is 10.7. The molecule has 0 radical (unpaired) electrons. The predicted molar refractivity (Wildman–Crippen MR) is 71.8 cm³/mol. The van der Waals surface area contributed by atoms with Crippen molar-refractivity contribution in [1.82, 2.24) is 0 Å². The van der Waals surface area contributed by atoms with E-state index in [4.69, 9.17) is 0 Å². The summed E-state index contributed by atoms with van der Waals surface area (Å²) >= 11 is 0. The minimum absolute atomic E-state index is 0.0183. The fourth-order valence-corrected chi connectivity index (χ4v) is 1.90. The van der Waals surface area contributed by atoms with Gasteiger partial charge in [-0.3, -0.25) is 10.1 Å². The minimum atomic E-state index is -0.444. The van der Waals surface area contributed by atoms with Gasteiger partial charge in [0.15, 0.2) is 0 Å².